The molecule has 0 fully saturated rings. The molecule has 0 bridgehead atoms. The van der Waals surface area contributed by atoms with Crippen molar-refractivity contribution in [2.45, 2.75) is 19.8 Å². The first-order valence-corrected chi connectivity index (χ1v) is 5.22. The molecular formula is C12H13NO3. The third-order valence-electron chi connectivity index (χ3n) is 2.49. The van der Waals surface area contributed by atoms with Gasteiger partial charge < -0.3 is 9.15 Å². The SMILES string of the molecule is CCOC(=O)C(C)c1coc2ncccc12. The Labute approximate surface area is 93.2 Å². The van der Waals surface area contributed by atoms with Crippen molar-refractivity contribution < 1.29 is 13.9 Å². The van der Waals surface area contributed by atoms with Gasteiger partial charge in [-0.1, -0.05) is 0 Å². The van der Waals surface area contributed by atoms with E-state index in [-0.39, 0.29) is 11.9 Å². The number of esters is 1. The molecule has 0 aliphatic rings. The van der Waals surface area contributed by atoms with Crippen molar-refractivity contribution >= 4 is 17.1 Å². The van der Waals surface area contributed by atoms with Gasteiger partial charge in [0.2, 0.25) is 5.71 Å². The quantitative estimate of drug-likeness (QED) is 0.744. The topological polar surface area (TPSA) is 52.3 Å². The first-order chi connectivity index (χ1) is 7.74. The van der Waals surface area contributed by atoms with Gasteiger partial charge in [-0.15, -0.1) is 0 Å². The number of fused-ring (bicyclic) bond motifs is 1. The van der Waals surface area contributed by atoms with Gasteiger partial charge in [0, 0.05) is 17.1 Å². The number of nitrogens with zero attached hydrogens (tertiary/aromatic N) is 1. The Kier molecular flexibility index (Phi) is 2.90. The molecule has 0 aliphatic heterocycles. The molecule has 0 aromatic carbocycles. The number of hydrogen-bond acceptors (Lipinski definition) is 4. The smallest absolute Gasteiger partial charge is 0.313 e. The van der Waals surface area contributed by atoms with Crippen molar-refractivity contribution in [3.05, 3.63) is 30.2 Å². The second kappa shape index (κ2) is 4.35. The van der Waals surface area contributed by atoms with E-state index in [0.717, 1.165) is 10.9 Å². The van der Waals surface area contributed by atoms with E-state index in [9.17, 15) is 4.79 Å². The van der Waals surface area contributed by atoms with Crippen molar-refractivity contribution in [2.24, 2.45) is 0 Å². The monoisotopic (exact) mass is 219 g/mol. The van der Waals surface area contributed by atoms with Crippen molar-refractivity contribution in [2.75, 3.05) is 6.61 Å². The summed E-state index contributed by atoms with van der Waals surface area (Å²) in [6.45, 7) is 3.98. The lowest BCUT2D eigenvalue weighted by molar-refractivity contribution is -0.144. The molecule has 16 heavy (non-hydrogen) atoms. The van der Waals surface area contributed by atoms with E-state index in [2.05, 4.69) is 4.98 Å². The maximum absolute atomic E-state index is 11.6. The minimum Gasteiger partial charge on any atom is -0.466 e. The summed E-state index contributed by atoms with van der Waals surface area (Å²) in [6.07, 6.45) is 3.23. The first kappa shape index (κ1) is 10.7. The van der Waals surface area contributed by atoms with E-state index in [0.29, 0.717) is 12.3 Å². The summed E-state index contributed by atoms with van der Waals surface area (Å²) in [5.74, 6) is -0.570. The highest BCUT2D eigenvalue weighted by Gasteiger charge is 2.21. The molecule has 2 heterocycles. The molecule has 2 aromatic heterocycles. The summed E-state index contributed by atoms with van der Waals surface area (Å²) in [5.41, 5.74) is 1.37. The molecule has 4 nitrogen and oxygen atoms in total. The molecule has 0 spiro atoms. The molecule has 84 valence electrons. The van der Waals surface area contributed by atoms with E-state index >= 15 is 0 Å². The van der Waals surface area contributed by atoms with Gasteiger partial charge in [0.1, 0.15) is 0 Å². The molecule has 4 heteroatoms. The van der Waals surface area contributed by atoms with Crippen LogP contribution in [0.3, 0.4) is 0 Å². The van der Waals surface area contributed by atoms with Crippen molar-refractivity contribution in [1.82, 2.24) is 4.98 Å². The summed E-state index contributed by atoms with van der Waals surface area (Å²) >= 11 is 0. The minimum absolute atomic E-state index is 0.242. The average molecular weight is 219 g/mol. The van der Waals surface area contributed by atoms with Gasteiger partial charge in [0.25, 0.3) is 0 Å². The zero-order valence-electron chi connectivity index (χ0n) is 9.27. The van der Waals surface area contributed by atoms with Gasteiger partial charge in [-0.3, -0.25) is 4.79 Å². The van der Waals surface area contributed by atoms with Crippen LogP contribution in [-0.4, -0.2) is 17.6 Å². The molecule has 2 rings (SSSR count). The Hall–Kier alpha value is -1.84. The summed E-state index contributed by atoms with van der Waals surface area (Å²) in [4.78, 5) is 15.7. The fourth-order valence-electron chi connectivity index (χ4n) is 1.62. The molecule has 0 amide bonds. The number of pyridine rings is 1. The third-order valence-corrected chi connectivity index (χ3v) is 2.49. The Morgan fingerprint density at radius 2 is 2.44 bits per heavy atom. The predicted molar refractivity (Wildman–Crippen MR) is 59.1 cm³/mol. The number of furan rings is 1. The van der Waals surface area contributed by atoms with E-state index < -0.39 is 0 Å². The number of carbonyl (C=O) groups is 1. The lowest BCUT2D eigenvalue weighted by atomic mass is 10.0. The molecule has 1 unspecified atom stereocenters. The van der Waals surface area contributed by atoms with Crippen molar-refractivity contribution in [3.8, 4) is 0 Å². The summed E-state index contributed by atoms with van der Waals surface area (Å²) in [6, 6.07) is 3.70. The normalized spacial score (nSPS) is 12.6. The second-order valence-electron chi connectivity index (χ2n) is 3.52. The standard InChI is InChI=1S/C12H13NO3/c1-3-15-12(14)8(2)10-7-16-11-9(10)5-4-6-13-11/h4-8H,3H2,1-2H3. The number of carbonyl (C=O) groups excluding carboxylic acids is 1. The lowest BCUT2D eigenvalue weighted by Crippen LogP contribution is -2.12. The molecule has 0 saturated carbocycles. The van der Waals surface area contributed by atoms with E-state index in [1.165, 1.54) is 0 Å². The molecule has 0 radical (unpaired) electrons. The number of rotatable bonds is 3. The van der Waals surface area contributed by atoms with Crippen molar-refractivity contribution in [1.29, 1.82) is 0 Å². The third kappa shape index (κ3) is 1.78. The molecular weight excluding hydrogens is 206 g/mol. The van der Waals surface area contributed by atoms with E-state index in [1.807, 2.05) is 12.1 Å². The molecule has 1 atom stereocenters. The number of ether oxygens (including phenoxy) is 1. The second-order valence-corrected chi connectivity index (χ2v) is 3.52. The van der Waals surface area contributed by atoms with Crippen LogP contribution in [0.5, 0.6) is 0 Å². The van der Waals surface area contributed by atoms with Crippen LogP contribution < -0.4 is 0 Å². The van der Waals surface area contributed by atoms with Crippen molar-refractivity contribution in [3.63, 3.8) is 0 Å². The van der Waals surface area contributed by atoms with Crippen LogP contribution in [0.1, 0.15) is 25.3 Å². The Morgan fingerprint density at radius 3 is 3.19 bits per heavy atom. The summed E-state index contributed by atoms with van der Waals surface area (Å²) in [7, 11) is 0. The van der Waals surface area contributed by atoms with Crippen LogP contribution in [-0.2, 0) is 9.53 Å². The molecule has 0 N–H and O–H groups in total. The average Bonchev–Trinajstić information content (AvgIpc) is 2.72. The highest BCUT2D eigenvalue weighted by molar-refractivity contribution is 5.86. The van der Waals surface area contributed by atoms with Gasteiger partial charge in [-0.25, -0.2) is 4.98 Å². The zero-order chi connectivity index (χ0) is 11.5. The maximum atomic E-state index is 11.6. The summed E-state index contributed by atoms with van der Waals surface area (Å²) in [5, 5.41) is 0.864. The van der Waals surface area contributed by atoms with Crippen LogP contribution in [0, 0.1) is 0 Å². The number of hydrogen-bond donors (Lipinski definition) is 0. The minimum atomic E-state index is -0.328. The Morgan fingerprint density at radius 1 is 1.62 bits per heavy atom. The molecule has 2 aromatic rings. The zero-order valence-corrected chi connectivity index (χ0v) is 9.27. The van der Waals surface area contributed by atoms with Crippen LogP contribution in [0.4, 0.5) is 0 Å². The fourth-order valence-corrected chi connectivity index (χ4v) is 1.62. The fraction of sp³-hybridized carbons (Fsp3) is 0.333. The molecule has 0 aliphatic carbocycles. The van der Waals surface area contributed by atoms with Crippen LogP contribution in [0.2, 0.25) is 0 Å². The maximum Gasteiger partial charge on any atom is 0.313 e. The number of aromatic nitrogens is 1. The van der Waals surface area contributed by atoms with Gasteiger partial charge in [-0.2, -0.15) is 0 Å². The van der Waals surface area contributed by atoms with Gasteiger partial charge >= 0.3 is 5.97 Å². The van der Waals surface area contributed by atoms with Crippen LogP contribution in [0.15, 0.2) is 29.0 Å². The van der Waals surface area contributed by atoms with Gasteiger partial charge in [0.15, 0.2) is 0 Å². The summed E-state index contributed by atoms with van der Waals surface area (Å²) < 4.78 is 10.3. The van der Waals surface area contributed by atoms with Crippen LogP contribution >= 0.6 is 0 Å². The highest BCUT2D eigenvalue weighted by Crippen LogP contribution is 2.26. The lowest BCUT2D eigenvalue weighted by Gasteiger charge is -2.08. The predicted octanol–water partition coefficient (Wildman–Crippen LogP) is 2.49. The largest absolute Gasteiger partial charge is 0.466 e. The van der Waals surface area contributed by atoms with Gasteiger partial charge in [-0.05, 0) is 26.0 Å². The Bertz CT molecular complexity index is 504. The van der Waals surface area contributed by atoms with Gasteiger partial charge in [0.05, 0.1) is 18.8 Å². The highest BCUT2D eigenvalue weighted by atomic mass is 16.5. The Balaban J connectivity index is 2.36. The molecule has 0 saturated heterocycles. The van der Waals surface area contributed by atoms with E-state index in [1.54, 1.807) is 26.3 Å². The van der Waals surface area contributed by atoms with E-state index in [4.69, 9.17) is 9.15 Å². The van der Waals surface area contributed by atoms with Crippen LogP contribution in [0.25, 0.3) is 11.1 Å². The first-order valence-electron chi connectivity index (χ1n) is 5.22.